The van der Waals surface area contributed by atoms with Crippen molar-refractivity contribution in [3.8, 4) is 0 Å². The van der Waals surface area contributed by atoms with E-state index in [1.54, 1.807) is 0 Å². The van der Waals surface area contributed by atoms with Gasteiger partial charge in [0, 0.05) is 0 Å². The summed E-state index contributed by atoms with van der Waals surface area (Å²) in [5, 5.41) is 0. The van der Waals surface area contributed by atoms with Crippen LogP contribution in [0.1, 0.15) is 31.9 Å². The van der Waals surface area contributed by atoms with Crippen molar-refractivity contribution in [2.45, 2.75) is 31.6 Å². The first-order valence-electron chi connectivity index (χ1n) is 5.49. The Morgan fingerprint density at radius 2 is 2.31 bits per heavy atom. The molecular weight excluding hydrogens is 270 g/mol. The molecule has 16 heavy (non-hydrogen) atoms. The molecule has 1 aromatic rings. The fourth-order valence-corrected chi connectivity index (χ4v) is 2.38. The number of hydrogen-bond acceptors (Lipinski definition) is 3. The van der Waals surface area contributed by atoms with Crippen molar-refractivity contribution in [2.75, 3.05) is 6.61 Å². The maximum absolute atomic E-state index is 12.0. The molecule has 1 fully saturated rings. The van der Waals surface area contributed by atoms with Crippen LogP contribution in [0, 0.1) is 0 Å². The SMILES string of the molecule is CCOC(=O)C1(c2cccc(Br)n2)CCC1. The van der Waals surface area contributed by atoms with E-state index in [2.05, 4.69) is 20.9 Å². The van der Waals surface area contributed by atoms with E-state index >= 15 is 0 Å². The van der Waals surface area contributed by atoms with Gasteiger partial charge in [0.1, 0.15) is 10.0 Å². The maximum Gasteiger partial charge on any atom is 0.318 e. The first kappa shape index (κ1) is 11.6. The minimum Gasteiger partial charge on any atom is -0.465 e. The Kier molecular flexibility index (Phi) is 3.28. The molecule has 1 aliphatic rings. The van der Waals surface area contributed by atoms with Gasteiger partial charge in [0.2, 0.25) is 0 Å². The fraction of sp³-hybridized carbons (Fsp3) is 0.500. The lowest BCUT2D eigenvalue weighted by Crippen LogP contribution is -2.44. The Morgan fingerprint density at radius 3 is 2.81 bits per heavy atom. The van der Waals surface area contributed by atoms with Crippen molar-refractivity contribution in [1.82, 2.24) is 4.98 Å². The molecule has 0 saturated heterocycles. The Bertz CT molecular complexity index is 402. The third kappa shape index (κ3) is 1.86. The summed E-state index contributed by atoms with van der Waals surface area (Å²) < 4.78 is 5.91. The standard InChI is InChI=1S/C12H14BrNO2/c1-2-16-11(15)12(7-4-8-12)9-5-3-6-10(13)14-9/h3,5-6H,2,4,7-8H2,1H3. The zero-order chi connectivity index (χ0) is 11.6. The molecule has 0 atom stereocenters. The van der Waals surface area contributed by atoms with E-state index in [0.29, 0.717) is 6.61 Å². The van der Waals surface area contributed by atoms with Crippen LogP contribution in [0.4, 0.5) is 0 Å². The van der Waals surface area contributed by atoms with Crippen molar-refractivity contribution < 1.29 is 9.53 Å². The number of hydrogen-bond donors (Lipinski definition) is 0. The number of nitrogens with zero attached hydrogens (tertiary/aromatic N) is 1. The van der Waals surface area contributed by atoms with E-state index < -0.39 is 5.41 Å². The summed E-state index contributed by atoms with van der Waals surface area (Å²) in [4.78, 5) is 16.4. The number of halogens is 1. The van der Waals surface area contributed by atoms with Gasteiger partial charge in [0.15, 0.2) is 0 Å². The summed E-state index contributed by atoms with van der Waals surface area (Å²) in [7, 11) is 0. The average molecular weight is 284 g/mol. The third-order valence-electron chi connectivity index (χ3n) is 3.08. The van der Waals surface area contributed by atoms with Crippen LogP contribution in [0.3, 0.4) is 0 Å². The summed E-state index contributed by atoms with van der Waals surface area (Å²) in [5.74, 6) is -0.133. The minimum absolute atomic E-state index is 0.133. The molecule has 0 aromatic carbocycles. The number of esters is 1. The number of pyridine rings is 1. The quantitative estimate of drug-likeness (QED) is 0.633. The van der Waals surface area contributed by atoms with Gasteiger partial charge in [-0.05, 0) is 47.8 Å². The van der Waals surface area contributed by atoms with Crippen molar-refractivity contribution in [2.24, 2.45) is 0 Å². The van der Waals surface area contributed by atoms with Crippen LogP contribution in [-0.4, -0.2) is 17.6 Å². The van der Waals surface area contributed by atoms with E-state index in [1.807, 2.05) is 25.1 Å². The molecule has 0 N–H and O–H groups in total. The molecule has 0 bridgehead atoms. The molecule has 3 nitrogen and oxygen atoms in total. The lowest BCUT2D eigenvalue weighted by molar-refractivity contribution is -0.154. The van der Waals surface area contributed by atoms with E-state index in [4.69, 9.17) is 4.74 Å². The fourth-order valence-electron chi connectivity index (χ4n) is 2.04. The molecule has 0 aliphatic heterocycles. The highest BCUT2D eigenvalue weighted by molar-refractivity contribution is 9.10. The number of aromatic nitrogens is 1. The largest absolute Gasteiger partial charge is 0.465 e. The van der Waals surface area contributed by atoms with Gasteiger partial charge in [-0.15, -0.1) is 0 Å². The van der Waals surface area contributed by atoms with Gasteiger partial charge in [-0.2, -0.15) is 0 Å². The van der Waals surface area contributed by atoms with E-state index in [0.717, 1.165) is 29.6 Å². The van der Waals surface area contributed by atoms with Crippen LogP contribution in [0.15, 0.2) is 22.8 Å². The van der Waals surface area contributed by atoms with Gasteiger partial charge in [-0.3, -0.25) is 4.79 Å². The van der Waals surface area contributed by atoms with Crippen molar-refractivity contribution >= 4 is 21.9 Å². The number of carbonyl (C=O) groups excluding carboxylic acids is 1. The van der Waals surface area contributed by atoms with Crippen LogP contribution >= 0.6 is 15.9 Å². The molecule has 0 unspecified atom stereocenters. The highest BCUT2D eigenvalue weighted by Crippen LogP contribution is 2.44. The molecule has 2 rings (SSSR count). The van der Waals surface area contributed by atoms with Crippen LogP contribution < -0.4 is 0 Å². The molecular formula is C12H14BrNO2. The Morgan fingerprint density at radius 1 is 1.56 bits per heavy atom. The summed E-state index contributed by atoms with van der Waals surface area (Å²) in [6, 6.07) is 5.67. The first-order valence-corrected chi connectivity index (χ1v) is 6.28. The van der Waals surface area contributed by atoms with Crippen molar-refractivity contribution in [3.05, 3.63) is 28.5 Å². The number of carbonyl (C=O) groups is 1. The first-order chi connectivity index (χ1) is 7.69. The summed E-state index contributed by atoms with van der Waals surface area (Å²) in [6.07, 6.45) is 2.75. The Labute approximate surface area is 103 Å². The second-order valence-electron chi connectivity index (χ2n) is 4.00. The van der Waals surface area contributed by atoms with Gasteiger partial charge < -0.3 is 4.74 Å². The summed E-state index contributed by atoms with van der Waals surface area (Å²) >= 11 is 3.33. The molecule has 1 aromatic heterocycles. The van der Waals surface area contributed by atoms with Gasteiger partial charge in [-0.1, -0.05) is 12.5 Å². The van der Waals surface area contributed by atoms with E-state index in [-0.39, 0.29) is 5.97 Å². The molecule has 1 saturated carbocycles. The Balaban J connectivity index is 2.31. The lowest BCUT2D eigenvalue weighted by Gasteiger charge is -2.38. The molecule has 0 spiro atoms. The van der Waals surface area contributed by atoms with Crippen LogP contribution in [-0.2, 0) is 14.9 Å². The smallest absolute Gasteiger partial charge is 0.318 e. The van der Waals surface area contributed by atoms with Gasteiger partial charge in [-0.25, -0.2) is 4.98 Å². The molecule has 1 aliphatic carbocycles. The average Bonchev–Trinajstić information content (AvgIpc) is 2.16. The topological polar surface area (TPSA) is 39.2 Å². The predicted molar refractivity (Wildman–Crippen MR) is 64.1 cm³/mol. The van der Waals surface area contributed by atoms with Crippen LogP contribution in [0.2, 0.25) is 0 Å². The predicted octanol–water partition coefficient (Wildman–Crippen LogP) is 2.83. The molecule has 86 valence electrons. The second-order valence-corrected chi connectivity index (χ2v) is 4.81. The molecule has 1 heterocycles. The lowest BCUT2D eigenvalue weighted by atomic mass is 9.66. The highest BCUT2D eigenvalue weighted by Gasteiger charge is 2.48. The minimum atomic E-state index is -0.486. The number of rotatable bonds is 3. The van der Waals surface area contributed by atoms with Gasteiger partial charge >= 0.3 is 5.97 Å². The molecule has 4 heteroatoms. The zero-order valence-corrected chi connectivity index (χ0v) is 10.8. The molecule has 0 radical (unpaired) electrons. The maximum atomic E-state index is 12.0. The van der Waals surface area contributed by atoms with Gasteiger partial charge in [0.25, 0.3) is 0 Å². The Hall–Kier alpha value is -0.900. The summed E-state index contributed by atoms with van der Waals surface area (Å²) in [5.41, 5.74) is 0.339. The van der Waals surface area contributed by atoms with Crippen molar-refractivity contribution in [1.29, 1.82) is 0 Å². The number of ether oxygens (including phenoxy) is 1. The highest BCUT2D eigenvalue weighted by atomic mass is 79.9. The second kappa shape index (κ2) is 4.53. The monoisotopic (exact) mass is 283 g/mol. The summed E-state index contributed by atoms with van der Waals surface area (Å²) in [6.45, 7) is 2.26. The molecule has 0 amide bonds. The van der Waals surface area contributed by atoms with Crippen LogP contribution in [0.5, 0.6) is 0 Å². The van der Waals surface area contributed by atoms with Crippen LogP contribution in [0.25, 0.3) is 0 Å². The third-order valence-corrected chi connectivity index (χ3v) is 3.52. The normalized spacial score (nSPS) is 17.6. The van der Waals surface area contributed by atoms with Crippen molar-refractivity contribution in [3.63, 3.8) is 0 Å². The van der Waals surface area contributed by atoms with Gasteiger partial charge in [0.05, 0.1) is 12.3 Å². The van der Waals surface area contributed by atoms with E-state index in [9.17, 15) is 4.79 Å². The van der Waals surface area contributed by atoms with E-state index in [1.165, 1.54) is 0 Å². The zero-order valence-electron chi connectivity index (χ0n) is 9.20.